The van der Waals surface area contributed by atoms with Crippen LogP contribution >= 0.6 is 0 Å². The molecule has 1 N–H and O–H groups in total. The van der Waals surface area contributed by atoms with Gasteiger partial charge in [0.2, 0.25) is 5.91 Å². The van der Waals surface area contributed by atoms with E-state index in [0.717, 1.165) is 31.2 Å². The van der Waals surface area contributed by atoms with E-state index in [1.165, 1.54) is 6.42 Å². The largest absolute Gasteiger partial charge is 0.351 e. The lowest BCUT2D eigenvalue weighted by atomic mass is 9.94. The molecule has 4 nitrogen and oxygen atoms in total. The van der Waals surface area contributed by atoms with E-state index in [9.17, 15) is 9.59 Å². The van der Waals surface area contributed by atoms with E-state index < -0.39 is 6.04 Å². The first-order chi connectivity index (χ1) is 15.2. The van der Waals surface area contributed by atoms with Crippen molar-refractivity contribution in [2.24, 2.45) is 0 Å². The molecule has 3 aromatic carbocycles. The van der Waals surface area contributed by atoms with Gasteiger partial charge in [0.25, 0.3) is 5.91 Å². The number of anilines is 1. The molecule has 0 spiro atoms. The van der Waals surface area contributed by atoms with Crippen LogP contribution in [0.15, 0.2) is 91.0 Å². The van der Waals surface area contributed by atoms with Crippen LogP contribution in [0.5, 0.6) is 0 Å². The van der Waals surface area contributed by atoms with Crippen molar-refractivity contribution >= 4 is 17.5 Å². The van der Waals surface area contributed by atoms with Crippen molar-refractivity contribution in [3.8, 4) is 0 Å². The average molecular weight is 413 g/mol. The molecule has 2 amide bonds. The highest BCUT2D eigenvalue weighted by Gasteiger charge is 2.34. The fourth-order valence-corrected chi connectivity index (χ4v) is 4.27. The maximum Gasteiger partial charge on any atom is 0.259 e. The minimum atomic E-state index is -0.752. The third kappa shape index (κ3) is 5.02. The molecule has 1 aliphatic rings. The topological polar surface area (TPSA) is 49.4 Å². The van der Waals surface area contributed by atoms with Crippen LogP contribution in [-0.4, -0.2) is 17.9 Å². The lowest BCUT2D eigenvalue weighted by molar-refractivity contribution is -0.123. The van der Waals surface area contributed by atoms with Gasteiger partial charge in [0.15, 0.2) is 0 Å². The number of para-hydroxylation sites is 1. The van der Waals surface area contributed by atoms with E-state index in [0.29, 0.717) is 11.3 Å². The SMILES string of the molecule is O=C(NC1CCCCC1)C(c1ccccc1)N(C(=O)c1ccccc1)c1ccccc1. The van der Waals surface area contributed by atoms with Crippen LogP contribution in [0, 0.1) is 0 Å². The summed E-state index contributed by atoms with van der Waals surface area (Å²) >= 11 is 0. The van der Waals surface area contributed by atoms with E-state index in [1.54, 1.807) is 17.0 Å². The summed E-state index contributed by atoms with van der Waals surface area (Å²) in [6.45, 7) is 0. The molecule has 0 saturated heterocycles. The van der Waals surface area contributed by atoms with Crippen LogP contribution in [0.1, 0.15) is 54.1 Å². The lowest BCUT2D eigenvalue weighted by Gasteiger charge is -2.33. The highest BCUT2D eigenvalue weighted by molar-refractivity contribution is 6.10. The number of nitrogens with zero attached hydrogens (tertiary/aromatic N) is 1. The maximum atomic E-state index is 13.7. The molecule has 1 fully saturated rings. The zero-order valence-corrected chi connectivity index (χ0v) is 17.6. The fourth-order valence-electron chi connectivity index (χ4n) is 4.27. The number of carbonyl (C=O) groups is 2. The van der Waals surface area contributed by atoms with Gasteiger partial charge in [-0.2, -0.15) is 0 Å². The third-order valence-corrected chi connectivity index (χ3v) is 5.85. The highest BCUT2D eigenvalue weighted by Crippen LogP contribution is 2.30. The molecule has 1 atom stereocenters. The Labute approximate surface area is 183 Å². The Balaban J connectivity index is 1.76. The lowest BCUT2D eigenvalue weighted by Crippen LogP contribution is -2.47. The number of rotatable bonds is 6. The van der Waals surface area contributed by atoms with Crippen LogP contribution in [-0.2, 0) is 4.79 Å². The van der Waals surface area contributed by atoms with Gasteiger partial charge in [-0.05, 0) is 42.7 Å². The monoisotopic (exact) mass is 412 g/mol. The molecule has 0 heterocycles. The minimum absolute atomic E-state index is 0.133. The molecule has 4 rings (SSSR count). The van der Waals surface area contributed by atoms with Gasteiger partial charge >= 0.3 is 0 Å². The molecule has 0 radical (unpaired) electrons. The number of nitrogens with one attached hydrogen (secondary N) is 1. The Kier molecular flexibility index (Phi) is 6.78. The van der Waals surface area contributed by atoms with Crippen LogP contribution in [0.25, 0.3) is 0 Å². The smallest absolute Gasteiger partial charge is 0.259 e. The van der Waals surface area contributed by atoms with Gasteiger partial charge < -0.3 is 5.32 Å². The summed E-state index contributed by atoms with van der Waals surface area (Å²) in [6.07, 6.45) is 5.46. The zero-order chi connectivity index (χ0) is 21.5. The molecular formula is C27H28N2O2. The fraction of sp³-hybridized carbons (Fsp3) is 0.259. The summed E-state index contributed by atoms with van der Waals surface area (Å²) in [5.41, 5.74) is 2.05. The second-order valence-corrected chi connectivity index (χ2v) is 8.03. The quantitative estimate of drug-likeness (QED) is 0.579. The van der Waals surface area contributed by atoms with Crippen LogP contribution in [0.4, 0.5) is 5.69 Å². The Bertz CT molecular complexity index is 984. The number of benzene rings is 3. The molecule has 158 valence electrons. The van der Waals surface area contributed by atoms with Crippen LogP contribution < -0.4 is 10.2 Å². The molecule has 4 heteroatoms. The summed E-state index contributed by atoms with van der Waals surface area (Å²) in [5, 5.41) is 3.24. The zero-order valence-electron chi connectivity index (χ0n) is 17.6. The van der Waals surface area contributed by atoms with Gasteiger partial charge in [-0.3, -0.25) is 14.5 Å². The molecule has 1 aliphatic carbocycles. The van der Waals surface area contributed by atoms with E-state index >= 15 is 0 Å². The van der Waals surface area contributed by atoms with E-state index in [1.807, 2.05) is 78.9 Å². The number of hydrogen-bond acceptors (Lipinski definition) is 2. The van der Waals surface area contributed by atoms with Crippen molar-refractivity contribution < 1.29 is 9.59 Å². The number of hydrogen-bond donors (Lipinski definition) is 1. The van der Waals surface area contributed by atoms with Gasteiger partial charge in [-0.15, -0.1) is 0 Å². The summed E-state index contributed by atoms with van der Waals surface area (Å²) in [6, 6.07) is 27.6. The summed E-state index contributed by atoms with van der Waals surface area (Å²) in [7, 11) is 0. The molecular weight excluding hydrogens is 384 g/mol. The van der Waals surface area contributed by atoms with Crippen LogP contribution in [0.2, 0.25) is 0 Å². The van der Waals surface area contributed by atoms with Gasteiger partial charge in [0, 0.05) is 17.3 Å². The molecule has 31 heavy (non-hydrogen) atoms. The first-order valence-corrected chi connectivity index (χ1v) is 11.0. The summed E-state index contributed by atoms with van der Waals surface area (Å²) in [4.78, 5) is 29.0. The van der Waals surface area contributed by atoms with Gasteiger partial charge in [-0.25, -0.2) is 0 Å². The Morgan fingerprint density at radius 1 is 0.742 bits per heavy atom. The maximum absolute atomic E-state index is 13.7. The molecule has 1 saturated carbocycles. The van der Waals surface area contributed by atoms with Gasteiger partial charge in [0.05, 0.1) is 0 Å². The van der Waals surface area contributed by atoms with Gasteiger partial charge in [-0.1, -0.05) is 86.0 Å². The Morgan fingerprint density at radius 3 is 1.90 bits per heavy atom. The summed E-state index contributed by atoms with van der Waals surface area (Å²) in [5.74, 6) is -0.328. The van der Waals surface area contributed by atoms with Crippen molar-refractivity contribution in [3.63, 3.8) is 0 Å². The number of carbonyl (C=O) groups excluding carboxylic acids is 2. The molecule has 1 unspecified atom stereocenters. The van der Waals surface area contributed by atoms with Crippen molar-refractivity contribution in [3.05, 3.63) is 102 Å². The average Bonchev–Trinajstić information content (AvgIpc) is 2.84. The Hall–Kier alpha value is -3.40. The molecule has 3 aromatic rings. The van der Waals surface area contributed by atoms with Crippen LogP contribution in [0.3, 0.4) is 0 Å². The third-order valence-electron chi connectivity index (χ3n) is 5.85. The van der Waals surface area contributed by atoms with Crippen molar-refractivity contribution in [1.82, 2.24) is 5.32 Å². The van der Waals surface area contributed by atoms with Crippen molar-refractivity contribution in [1.29, 1.82) is 0 Å². The molecule has 0 aliphatic heterocycles. The van der Waals surface area contributed by atoms with E-state index in [2.05, 4.69) is 5.32 Å². The van der Waals surface area contributed by atoms with Gasteiger partial charge in [0.1, 0.15) is 6.04 Å². The standard InChI is InChI=1S/C27H28N2O2/c30-26(28-23-17-9-3-10-18-23)25(21-13-5-1-6-14-21)29(24-19-11-4-12-20-24)27(31)22-15-7-2-8-16-22/h1-2,4-8,11-16,19-20,23,25H,3,9-10,17-18H2,(H,28,30). The molecule has 0 bridgehead atoms. The summed E-state index contributed by atoms with van der Waals surface area (Å²) < 4.78 is 0. The predicted molar refractivity (Wildman–Crippen MR) is 124 cm³/mol. The van der Waals surface area contributed by atoms with E-state index in [4.69, 9.17) is 0 Å². The second kappa shape index (κ2) is 10.1. The predicted octanol–water partition coefficient (Wildman–Crippen LogP) is 5.52. The minimum Gasteiger partial charge on any atom is -0.351 e. The van der Waals surface area contributed by atoms with Crippen molar-refractivity contribution in [2.75, 3.05) is 4.90 Å². The number of amides is 2. The first kappa shape index (κ1) is 20.9. The molecule has 0 aromatic heterocycles. The van der Waals surface area contributed by atoms with E-state index in [-0.39, 0.29) is 17.9 Å². The Morgan fingerprint density at radius 2 is 1.29 bits per heavy atom. The van der Waals surface area contributed by atoms with Crippen molar-refractivity contribution in [2.45, 2.75) is 44.2 Å². The first-order valence-electron chi connectivity index (χ1n) is 11.0. The second-order valence-electron chi connectivity index (χ2n) is 8.03. The normalized spacial score (nSPS) is 15.1. The highest BCUT2D eigenvalue weighted by atomic mass is 16.2.